The maximum atomic E-state index is 12.2. The van der Waals surface area contributed by atoms with Crippen LogP contribution in [0.1, 0.15) is 13.8 Å². The molecule has 0 spiro atoms. The lowest BCUT2D eigenvalue weighted by molar-refractivity contribution is -0.121. The van der Waals surface area contributed by atoms with Crippen LogP contribution in [-0.4, -0.2) is 37.0 Å². The van der Waals surface area contributed by atoms with E-state index in [0.29, 0.717) is 18.8 Å². The molecule has 105 valence electrons. The normalized spacial score (nSPS) is 16.4. The molecule has 0 unspecified atom stereocenters. The Balaban J connectivity index is 2.03. The van der Waals surface area contributed by atoms with Crippen LogP contribution in [0.3, 0.4) is 0 Å². The molecule has 1 heterocycles. The Kier molecular flexibility index (Phi) is 4.61. The molecule has 1 aromatic carbocycles. The molecule has 6 nitrogen and oxygen atoms in total. The third-order valence-electron chi connectivity index (χ3n) is 3.16. The number of benzene rings is 1. The Hall–Kier alpha value is -2.04. The minimum atomic E-state index is 0.106. The van der Waals surface area contributed by atoms with E-state index in [-0.39, 0.29) is 5.91 Å². The Morgan fingerprint density at radius 1 is 1.30 bits per heavy atom. The molecule has 0 N–H and O–H groups in total. The van der Waals surface area contributed by atoms with E-state index in [2.05, 4.69) is 28.8 Å². The second-order valence-electron chi connectivity index (χ2n) is 5.17. The van der Waals surface area contributed by atoms with Crippen molar-refractivity contribution in [2.24, 2.45) is 5.11 Å². The van der Waals surface area contributed by atoms with Gasteiger partial charge in [0.2, 0.25) is 5.91 Å². The average Bonchev–Trinajstić information content (AvgIpc) is 2.40. The number of amides is 1. The van der Waals surface area contributed by atoms with Gasteiger partial charge < -0.3 is 4.90 Å². The monoisotopic (exact) mass is 272 g/mol. The molecule has 1 amide bonds. The highest BCUT2D eigenvalue weighted by Crippen LogP contribution is 2.22. The lowest BCUT2D eigenvalue weighted by Gasteiger charge is -2.35. The van der Waals surface area contributed by atoms with E-state index in [4.69, 9.17) is 5.53 Å². The summed E-state index contributed by atoms with van der Waals surface area (Å²) < 4.78 is 0. The molecule has 1 aliphatic rings. The number of rotatable bonds is 4. The van der Waals surface area contributed by atoms with Crippen LogP contribution < -0.4 is 4.90 Å². The molecule has 2 rings (SSSR count). The zero-order valence-corrected chi connectivity index (χ0v) is 11.8. The number of azide groups is 1. The van der Waals surface area contributed by atoms with E-state index in [9.17, 15) is 4.79 Å². The fraction of sp³-hybridized carbons (Fsp3) is 0.429. The van der Waals surface area contributed by atoms with Crippen LogP contribution in [-0.2, 0) is 4.79 Å². The number of anilines is 1. The standard InChI is InChI=1S/C14H18N5O/c1-11(2)9-18-7-8-19(14(20)10-18)13-5-3-12(4-6-13)16-17-15/h3-6H,7-10H2,1-2H3. The fourth-order valence-electron chi connectivity index (χ4n) is 2.33. The third kappa shape index (κ3) is 3.50. The molecule has 0 aliphatic carbocycles. The van der Waals surface area contributed by atoms with E-state index in [1.807, 2.05) is 12.1 Å². The van der Waals surface area contributed by atoms with Crippen LogP contribution in [0.15, 0.2) is 29.4 Å². The van der Waals surface area contributed by atoms with Crippen molar-refractivity contribution >= 4 is 17.3 Å². The van der Waals surface area contributed by atoms with Crippen molar-refractivity contribution in [3.63, 3.8) is 0 Å². The molecule has 0 bridgehead atoms. The predicted octanol–water partition coefficient (Wildman–Crippen LogP) is 2.89. The van der Waals surface area contributed by atoms with Crippen molar-refractivity contribution in [1.29, 1.82) is 0 Å². The highest BCUT2D eigenvalue weighted by Gasteiger charge is 2.25. The smallest absolute Gasteiger partial charge is 0.241 e. The van der Waals surface area contributed by atoms with Gasteiger partial charge in [0.25, 0.3) is 0 Å². The average molecular weight is 272 g/mol. The number of carbonyl (C=O) groups is 1. The first-order valence-corrected chi connectivity index (χ1v) is 6.57. The molecule has 1 radical (unpaired) electrons. The first kappa shape index (κ1) is 14.4. The molecule has 0 saturated carbocycles. The highest BCUT2D eigenvalue weighted by atomic mass is 16.2. The number of piperazine rings is 1. The van der Waals surface area contributed by atoms with E-state index in [1.165, 1.54) is 5.92 Å². The molecule has 6 heteroatoms. The summed E-state index contributed by atoms with van der Waals surface area (Å²) in [6.45, 7) is 7.03. The van der Waals surface area contributed by atoms with Gasteiger partial charge in [-0.15, -0.1) is 0 Å². The van der Waals surface area contributed by atoms with E-state index in [0.717, 1.165) is 18.8 Å². The molecule has 20 heavy (non-hydrogen) atoms. The minimum absolute atomic E-state index is 0.106. The molecule has 1 saturated heterocycles. The zero-order chi connectivity index (χ0) is 14.5. The van der Waals surface area contributed by atoms with Crippen LogP contribution in [0.25, 0.3) is 10.4 Å². The van der Waals surface area contributed by atoms with Crippen molar-refractivity contribution in [2.75, 3.05) is 31.1 Å². The van der Waals surface area contributed by atoms with E-state index in [1.54, 1.807) is 17.0 Å². The van der Waals surface area contributed by atoms with Crippen LogP contribution in [0.2, 0.25) is 0 Å². The fourth-order valence-corrected chi connectivity index (χ4v) is 2.33. The van der Waals surface area contributed by atoms with E-state index >= 15 is 0 Å². The largest absolute Gasteiger partial charge is 0.310 e. The molecule has 0 atom stereocenters. The zero-order valence-electron chi connectivity index (χ0n) is 11.8. The second-order valence-corrected chi connectivity index (χ2v) is 5.17. The number of hydrogen-bond acceptors (Lipinski definition) is 3. The van der Waals surface area contributed by atoms with Gasteiger partial charge in [-0.1, -0.05) is 31.1 Å². The van der Waals surface area contributed by atoms with Gasteiger partial charge in [0.15, 0.2) is 0 Å². The minimum Gasteiger partial charge on any atom is -0.310 e. The van der Waals surface area contributed by atoms with Crippen molar-refractivity contribution in [2.45, 2.75) is 13.8 Å². The Bertz CT molecular complexity index is 519. The van der Waals surface area contributed by atoms with Gasteiger partial charge in [0.05, 0.1) is 6.54 Å². The van der Waals surface area contributed by atoms with Gasteiger partial charge >= 0.3 is 0 Å². The lowest BCUT2D eigenvalue weighted by atomic mass is 10.1. The van der Waals surface area contributed by atoms with Crippen LogP contribution in [0.4, 0.5) is 11.4 Å². The van der Waals surface area contributed by atoms with Gasteiger partial charge in [0.1, 0.15) is 0 Å². The Morgan fingerprint density at radius 3 is 2.55 bits per heavy atom. The summed E-state index contributed by atoms with van der Waals surface area (Å²) in [6.07, 6.45) is 0. The van der Waals surface area contributed by atoms with Crippen molar-refractivity contribution in [3.8, 4) is 0 Å². The van der Waals surface area contributed by atoms with Gasteiger partial charge in [0, 0.05) is 35.9 Å². The van der Waals surface area contributed by atoms with Gasteiger partial charge in [-0.05, 0) is 23.6 Å². The van der Waals surface area contributed by atoms with Gasteiger partial charge in [-0.2, -0.15) is 0 Å². The maximum Gasteiger partial charge on any atom is 0.241 e. The number of carbonyl (C=O) groups excluding carboxylic acids is 1. The van der Waals surface area contributed by atoms with Crippen LogP contribution in [0, 0.1) is 5.92 Å². The third-order valence-corrected chi connectivity index (χ3v) is 3.16. The summed E-state index contributed by atoms with van der Waals surface area (Å²) in [5.74, 6) is 1.42. The molecular formula is C14H18N5O. The quantitative estimate of drug-likeness (QED) is 0.480. The lowest BCUT2D eigenvalue weighted by Crippen LogP contribution is -2.51. The summed E-state index contributed by atoms with van der Waals surface area (Å²) >= 11 is 0. The summed E-state index contributed by atoms with van der Waals surface area (Å²) in [5.41, 5.74) is 9.77. The maximum absolute atomic E-state index is 12.2. The molecule has 1 fully saturated rings. The SMILES string of the molecule is C[C](C)CN1CCN(c2ccc(N=[N+]=[N-])cc2)C(=O)C1. The number of nitrogens with zero attached hydrogens (tertiary/aromatic N) is 5. The van der Waals surface area contributed by atoms with E-state index < -0.39 is 0 Å². The summed E-state index contributed by atoms with van der Waals surface area (Å²) in [6, 6.07) is 7.07. The topological polar surface area (TPSA) is 72.3 Å². The first-order chi connectivity index (χ1) is 9.60. The Morgan fingerprint density at radius 2 is 2.00 bits per heavy atom. The summed E-state index contributed by atoms with van der Waals surface area (Å²) in [5, 5.41) is 3.52. The number of hydrogen-bond donors (Lipinski definition) is 0. The summed E-state index contributed by atoms with van der Waals surface area (Å²) in [7, 11) is 0. The second kappa shape index (κ2) is 6.41. The van der Waals surface area contributed by atoms with Gasteiger partial charge in [-0.3, -0.25) is 9.69 Å². The predicted molar refractivity (Wildman–Crippen MR) is 78.6 cm³/mol. The first-order valence-electron chi connectivity index (χ1n) is 6.57. The molecule has 1 aromatic rings. The molecule has 0 aromatic heterocycles. The van der Waals surface area contributed by atoms with Crippen LogP contribution in [0.5, 0.6) is 0 Å². The molecular weight excluding hydrogens is 254 g/mol. The van der Waals surface area contributed by atoms with Crippen LogP contribution >= 0.6 is 0 Å². The van der Waals surface area contributed by atoms with Crippen molar-refractivity contribution in [3.05, 3.63) is 40.6 Å². The van der Waals surface area contributed by atoms with Crippen molar-refractivity contribution in [1.82, 2.24) is 4.90 Å². The Labute approximate surface area is 118 Å². The summed E-state index contributed by atoms with van der Waals surface area (Å²) in [4.78, 5) is 18.9. The molecule has 1 aliphatic heterocycles. The van der Waals surface area contributed by atoms with Crippen molar-refractivity contribution < 1.29 is 4.79 Å². The van der Waals surface area contributed by atoms with Gasteiger partial charge in [-0.25, -0.2) is 0 Å². The highest BCUT2D eigenvalue weighted by molar-refractivity contribution is 5.95.